The van der Waals surface area contributed by atoms with Crippen LogP contribution >= 0.6 is 0 Å². The molecular formula is C19H28N4O2. The molecule has 0 radical (unpaired) electrons. The molecule has 0 bridgehead atoms. The van der Waals surface area contributed by atoms with Crippen molar-refractivity contribution in [2.45, 2.75) is 31.8 Å². The molecule has 1 N–H and O–H groups in total. The molecule has 136 valence electrons. The van der Waals surface area contributed by atoms with Gasteiger partial charge in [0.1, 0.15) is 0 Å². The molecule has 0 spiro atoms. The molecular weight excluding hydrogens is 316 g/mol. The minimum Gasteiger partial charge on any atom is -0.380 e. The average Bonchev–Trinajstić information content (AvgIpc) is 2.65. The number of hydrogen-bond donors (Lipinski definition) is 1. The third-order valence-electron chi connectivity index (χ3n) is 4.99. The van der Waals surface area contributed by atoms with Crippen molar-refractivity contribution in [1.82, 2.24) is 20.1 Å². The summed E-state index contributed by atoms with van der Waals surface area (Å²) in [5.74, 6) is 0. The van der Waals surface area contributed by atoms with Gasteiger partial charge in [-0.3, -0.25) is 9.88 Å². The van der Waals surface area contributed by atoms with E-state index in [-0.39, 0.29) is 12.1 Å². The Morgan fingerprint density at radius 3 is 2.68 bits per heavy atom. The van der Waals surface area contributed by atoms with Crippen molar-refractivity contribution in [3.8, 4) is 0 Å². The van der Waals surface area contributed by atoms with E-state index in [1.807, 2.05) is 17.3 Å². The fourth-order valence-electron chi connectivity index (χ4n) is 3.46. The average molecular weight is 344 g/mol. The van der Waals surface area contributed by atoms with Gasteiger partial charge in [0.15, 0.2) is 0 Å². The van der Waals surface area contributed by atoms with Crippen molar-refractivity contribution < 1.29 is 9.53 Å². The lowest BCUT2D eigenvalue weighted by Gasteiger charge is -2.34. The molecule has 0 unspecified atom stereocenters. The number of piperidine rings is 1. The van der Waals surface area contributed by atoms with Crippen LogP contribution in [-0.4, -0.2) is 66.8 Å². The second-order valence-electron chi connectivity index (χ2n) is 6.85. The highest BCUT2D eigenvalue weighted by molar-refractivity contribution is 5.75. The number of hydrogen-bond acceptors (Lipinski definition) is 4. The number of carbonyl (C=O) groups is 1. The van der Waals surface area contributed by atoms with Crippen LogP contribution in [0.4, 0.5) is 4.79 Å². The van der Waals surface area contributed by atoms with Crippen LogP contribution in [-0.2, 0) is 11.3 Å². The number of rotatable bonds is 5. The standard InChI is InChI=1S/C19H28N4O2/c1-25-15-17-4-12-23(13-5-17)19(24)21-18-6-10-22(11-7-18)14-16-2-8-20-9-3-16/h2-4,8-9,18H,5-7,10-15H2,1H3,(H,21,24). The van der Waals surface area contributed by atoms with Crippen molar-refractivity contribution in [2.24, 2.45) is 0 Å². The van der Waals surface area contributed by atoms with Gasteiger partial charge in [-0.1, -0.05) is 6.08 Å². The first-order valence-electron chi connectivity index (χ1n) is 9.08. The molecule has 0 saturated carbocycles. The zero-order chi connectivity index (χ0) is 17.5. The summed E-state index contributed by atoms with van der Waals surface area (Å²) in [6, 6.07) is 4.48. The second-order valence-corrected chi connectivity index (χ2v) is 6.85. The van der Waals surface area contributed by atoms with Crippen LogP contribution in [0.1, 0.15) is 24.8 Å². The molecule has 0 aliphatic carbocycles. The summed E-state index contributed by atoms with van der Waals surface area (Å²) in [7, 11) is 1.71. The molecule has 1 aromatic heterocycles. The van der Waals surface area contributed by atoms with E-state index in [1.54, 1.807) is 7.11 Å². The Kier molecular flexibility index (Phi) is 6.42. The quantitative estimate of drug-likeness (QED) is 0.831. The van der Waals surface area contributed by atoms with Crippen LogP contribution in [0, 0.1) is 0 Å². The molecule has 2 aliphatic heterocycles. The number of nitrogens with zero attached hydrogens (tertiary/aromatic N) is 3. The number of carbonyl (C=O) groups excluding carboxylic acids is 1. The number of methoxy groups -OCH3 is 1. The van der Waals surface area contributed by atoms with Gasteiger partial charge >= 0.3 is 6.03 Å². The van der Waals surface area contributed by atoms with Gasteiger partial charge in [0.25, 0.3) is 0 Å². The molecule has 25 heavy (non-hydrogen) atoms. The second kappa shape index (κ2) is 8.97. The lowest BCUT2D eigenvalue weighted by atomic mass is 10.0. The van der Waals surface area contributed by atoms with Crippen LogP contribution in [0.25, 0.3) is 0 Å². The van der Waals surface area contributed by atoms with Crippen molar-refractivity contribution in [2.75, 3.05) is 39.9 Å². The molecule has 6 heteroatoms. The molecule has 0 aromatic carbocycles. The highest BCUT2D eigenvalue weighted by atomic mass is 16.5. The van der Waals surface area contributed by atoms with Gasteiger partial charge in [0, 0.05) is 58.3 Å². The summed E-state index contributed by atoms with van der Waals surface area (Å²) in [6.07, 6.45) is 8.72. The molecule has 3 heterocycles. The van der Waals surface area contributed by atoms with Gasteiger partial charge < -0.3 is 15.0 Å². The van der Waals surface area contributed by atoms with Gasteiger partial charge in [-0.05, 0) is 42.5 Å². The normalized spacial score (nSPS) is 19.6. The van der Waals surface area contributed by atoms with Crippen molar-refractivity contribution in [3.63, 3.8) is 0 Å². The van der Waals surface area contributed by atoms with Gasteiger partial charge in [0.05, 0.1) is 6.61 Å². The van der Waals surface area contributed by atoms with E-state index in [0.29, 0.717) is 13.2 Å². The molecule has 3 rings (SSSR count). The van der Waals surface area contributed by atoms with Crippen LogP contribution in [0.5, 0.6) is 0 Å². The Balaban J connectivity index is 1.39. The summed E-state index contributed by atoms with van der Waals surface area (Å²) in [4.78, 5) is 20.8. The van der Waals surface area contributed by atoms with Gasteiger partial charge in [-0.25, -0.2) is 4.79 Å². The first kappa shape index (κ1) is 17.9. The van der Waals surface area contributed by atoms with E-state index >= 15 is 0 Å². The maximum atomic E-state index is 12.4. The van der Waals surface area contributed by atoms with E-state index in [1.165, 1.54) is 11.1 Å². The van der Waals surface area contributed by atoms with E-state index in [2.05, 4.69) is 33.4 Å². The first-order chi connectivity index (χ1) is 12.2. The number of pyridine rings is 1. The van der Waals surface area contributed by atoms with Crippen molar-refractivity contribution in [3.05, 3.63) is 41.7 Å². The summed E-state index contributed by atoms with van der Waals surface area (Å²) in [5, 5.41) is 3.21. The smallest absolute Gasteiger partial charge is 0.317 e. The number of urea groups is 1. The minimum absolute atomic E-state index is 0.0697. The van der Waals surface area contributed by atoms with Crippen LogP contribution in [0.3, 0.4) is 0 Å². The SMILES string of the molecule is COCC1=CCN(C(=O)NC2CCN(Cc3ccncc3)CC2)CC1. The largest absolute Gasteiger partial charge is 0.380 e. The third-order valence-corrected chi connectivity index (χ3v) is 4.99. The lowest BCUT2D eigenvalue weighted by molar-refractivity contribution is 0.168. The number of aromatic nitrogens is 1. The van der Waals surface area contributed by atoms with Crippen molar-refractivity contribution >= 4 is 6.03 Å². The minimum atomic E-state index is 0.0697. The monoisotopic (exact) mass is 344 g/mol. The predicted octanol–water partition coefficient (Wildman–Crippen LogP) is 2.03. The number of nitrogens with one attached hydrogen (secondary N) is 1. The highest BCUT2D eigenvalue weighted by Crippen LogP contribution is 2.15. The Labute approximate surface area is 149 Å². The third kappa shape index (κ3) is 5.28. The topological polar surface area (TPSA) is 57.7 Å². The summed E-state index contributed by atoms with van der Waals surface area (Å²) in [5.41, 5.74) is 2.58. The molecule has 6 nitrogen and oxygen atoms in total. The summed E-state index contributed by atoms with van der Waals surface area (Å²) < 4.78 is 5.16. The summed E-state index contributed by atoms with van der Waals surface area (Å²) in [6.45, 7) is 5.14. The molecule has 0 atom stereocenters. The first-order valence-corrected chi connectivity index (χ1v) is 9.08. The Morgan fingerprint density at radius 2 is 2.04 bits per heavy atom. The van der Waals surface area contributed by atoms with E-state index in [0.717, 1.165) is 45.4 Å². The molecule has 1 fully saturated rings. The maximum absolute atomic E-state index is 12.4. The molecule has 1 aromatic rings. The molecule has 2 amide bonds. The Morgan fingerprint density at radius 1 is 1.28 bits per heavy atom. The van der Waals surface area contributed by atoms with Crippen LogP contribution in [0.2, 0.25) is 0 Å². The predicted molar refractivity (Wildman–Crippen MR) is 97.2 cm³/mol. The fraction of sp³-hybridized carbons (Fsp3) is 0.579. The zero-order valence-electron chi connectivity index (χ0n) is 15.0. The van der Waals surface area contributed by atoms with E-state index in [4.69, 9.17) is 4.74 Å². The summed E-state index contributed by atoms with van der Waals surface area (Å²) >= 11 is 0. The fourth-order valence-corrected chi connectivity index (χ4v) is 3.46. The van der Waals surface area contributed by atoms with Crippen LogP contribution in [0.15, 0.2) is 36.2 Å². The molecule has 1 saturated heterocycles. The maximum Gasteiger partial charge on any atom is 0.317 e. The van der Waals surface area contributed by atoms with Gasteiger partial charge in [-0.15, -0.1) is 0 Å². The number of ether oxygens (including phenoxy) is 1. The Bertz CT molecular complexity index is 582. The Hall–Kier alpha value is -1.92. The van der Waals surface area contributed by atoms with Crippen molar-refractivity contribution in [1.29, 1.82) is 0 Å². The molecule has 2 aliphatic rings. The van der Waals surface area contributed by atoms with Crippen LogP contribution < -0.4 is 5.32 Å². The number of likely N-dealkylation sites (tertiary alicyclic amines) is 1. The van der Waals surface area contributed by atoms with Gasteiger partial charge in [0.2, 0.25) is 0 Å². The van der Waals surface area contributed by atoms with E-state index < -0.39 is 0 Å². The zero-order valence-corrected chi connectivity index (χ0v) is 15.0. The lowest BCUT2D eigenvalue weighted by Crippen LogP contribution is -2.50. The van der Waals surface area contributed by atoms with E-state index in [9.17, 15) is 4.79 Å². The highest BCUT2D eigenvalue weighted by Gasteiger charge is 2.23. The van der Waals surface area contributed by atoms with Gasteiger partial charge in [-0.2, -0.15) is 0 Å². The number of amides is 2.